The van der Waals surface area contributed by atoms with Crippen molar-refractivity contribution in [1.82, 2.24) is 5.32 Å². The van der Waals surface area contributed by atoms with Crippen molar-refractivity contribution >= 4 is 30.0 Å². The molecule has 2 atom stereocenters. The van der Waals surface area contributed by atoms with E-state index in [2.05, 4.69) is 5.32 Å². The molecule has 0 aliphatic rings. The minimum Gasteiger partial charge on any atom is -0.463 e. The molecule has 1 aromatic carbocycles. The second-order valence-electron chi connectivity index (χ2n) is 5.76. The Morgan fingerprint density at radius 2 is 1.88 bits per heavy atom. The molecule has 0 saturated carbocycles. The highest BCUT2D eigenvalue weighted by Gasteiger charge is 2.27. The lowest BCUT2D eigenvalue weighted by Gasteiger charge is -2.21. The smallest absolute Gasteiger partial charge is 0.308 e. The first-order chi connectivity index (χ1) is 11.3. The number of nitro benzene ring substituents is 1. The zero-order chi connectivity index (χ0) is 18.3. The number of halogens is 1. The summed E-state index contributed by atoms with van der Waals surface area (Å²) in [6.45, 7) is 5.17. The Bertz CT molecular complexity index is 609. The van der Waals surface area contributed by atoms with Crippen LogP contribution in [0.3, 0.4) is 0 Å². The van der Waals surface area contributed by atoms with Crippen LogP contribution in [-0.2, 0) is 14.3 Å². The van der Waals surface area contributed by atoms with Gasteiger partial charge in [-0.15, -0.1) is 12.4 Å². The van der Waals surface area contributed by atoms with Crippen molar-refractivity contribution < 1.29 is 19.2 Å². The highest BCUT2D eigenvalue weighted by molar-refractivity contribution is 5.85. The molecule has 0 aliphatic heterocycles. The zero-order valence-corrected chi connectivity index (χ0v) is 15.2. The molecule has 2 unspecified atom stereocenters. The fourth-order valence-corrected chi connectivity index (χ4v) is 2.09. The van der Waals surface area contributed by atoms with Gasteiger partial charge in [-0.25, -0.2) is 0 Å². The Kier molecular flexibility index (Phi) is 9.70. The average molecular weight is 374 g/mol. The molecule has 8 nitrogen and oxygen atoms in total. The number of carbonyl (C=O) groups excluding carboxylic acids is 2. The summed E-state index contributed by atoms with van der Waals surface area (Å²) in [6.07, 6.45) is -0.519. The average Bonchev–Trinajstić information content (AvgIpc) is 2.52. The fraction of sp³-hybridized carbons (Fsp3) is 0.500. The van der Waals surface area contributed by atoms with Gasteiger partial charge < -0.3 is 15.8 Å². The summed E-state index contributed by atoms with van der Waals surface area (Å²) >= 11 is 0. The van der Waals surface area contributed by atoms with Crippen molar-refractivity contribution in [2.24, 2.45) is 11.7 Å². The van der Waals surface area contributed by atoms with E-state index in [1.807, 2.05) is 0 Å². The second-order valence-corrected chi connectivity index (χ2v) is 5.76. The van der Waals surface area contributed by atoms with Gasteiger partial charge in [-0.2, -0.15) is 0 Å². The minimum absolute atomic E-state index is 0. The lowest BCUT2D eigenvalue weighted by Crippen LogP contribution is -2.37. The van der Waals surface area contributed by atoms with Gasteiger partial charge in [-0.1, -0.05) is 25.1 Å². The summed E-state index contributed by atoms with van der Waals surface area (Å²) < 4.78 is 5.09. The first-order valence-electron chi connectivity index (χ1n) is 7.69. The van der Waals surface area contributed by atoms with E-state index in [0.29, 0.717) is 0 Å². The predicted molar refractivity (Wildman–Crippen MR) is 95.3 cm³/mol. The number of ether oxygens (including phenoxy) is 1. The van der Waals surface area contributed by atoms with Crippen molar-refractivity contribution in [2.45, 2.75) is 39.3 Å². The Morgan fingerprint density at radius 3 is 2.40 bits per heavy atom. The van der Waals surface area contributed by atoms with Gasteiger partial charge in [0, 0.05) is 18.5 Å². The number of amides is 1. The Labute approximate surface area is 152 Å². The van der Waals surface area contributed by atoms with E-state index >= 15 is 0 Å². The van der Waals surface area contributed by atoms with Crippen LogP contribution < -0.4 is 11.1 Å². The molecular weight excluding hydrogens is 350 g/mol. The molecule has 9 heteroatoms. The van der Waals surface area contributed by atoms with Crippen LogP contribution >= 0.6 is 12.4 Å². The summed E-state index contributed by atoms with van der Waals surface area (Å²) in [4.78, 5) is 34.8. The maximum Gasteiger partial charge on any atom is 0.308 e. The Balaban J connectivity index is 0.00000576. The summed E-state index contributed by atoms with van der Waals surface area (Å²) in [5.41, 5.74) is 5.56. The van der Waals surface area contributed by atoms with Gasteiger partial charge in [0.2, 0.25) is 5.91 Å². The van der Waals surface area contributed by atoms with Crippen LogP contribution in [0.2, 0.25) is 0 Å². The topological polar surface area (TPSA) is 125 Å². The summed E-state index contributed by atoms with van der Waals surface area (Å²) in [5.74, 6) is -1.40. The molecule has 1 amide bonds. The standard InChI is InChI=1S/C16H23N3O5.ClH/c1-10(2)24-15(20)8-13(18-16(21)11(3)9-17)12-6-4-5-7-14(12)19(22)23;/h4-7,10-11,13H,8-9,17H2,1-3H3,(H,18,21);1H. The fourth-order valence-electron chi connectivity index (χ4n) is 2.09. The lowest BCUT2D eigenvalue weighted by molar-refractivity contribution is -0.385. The molecule has 0 saturated heterocycles. The van der Waals surface area contributed by atoms with Gasteiger partial charge in [0.1, 0.15) is 0 Å². The third kappa shape index (κ3) is 7.06. The summed E-state index contributed by atoms with van der Waals surface area (Å²) in [5, 5.41) is 13.9. The third-order valence-electron chi connectivity index (χ3n) is 3.36. The monoisotopic (exact) mass is 373 g/mol. The highest BCUT2D eigenvalue weighted by atomic mass is 35.5. The van der Waals surface area contributed by atoms with E-state index in [0.717, 1.165) is 0 Å². The van der Waals surface area contributed by atoms with Gasteiger partial charge in [-0.3, -0.25) is 19.7 Å². The quantitative estimate of drug-likeness (QED) is 0.408. The third-order valence-corrected chi connectivity index (χ3v) is 3.36. The molecular formula is C16H24ClN3O5. The first-order valence-corrected chi connectivity index (χ1v) is 7.69. The molecule has 0 bridgehead atoms. The maximum atomic E-state index is 12.1. The van der Waals surface area contributed by atoms with Crippen molar-refractivity contribution in [3.05, 3.63) is 39.9 Å². The normalized spacial score (nSPS) is 12.7. The number of carbonyl (C=O) groups is 2. The maximum absolute atomic E-state index is 12.1. The van der Waals surface area contributed by atoms with Gasteiger partial charge in [-0.05, 0) is 13.8 Å². The van der Waals surface area contributed by atoms with Gasteiger partial charge in [0.05, 0.1) is 29.1 Å². The number of esters is 1. The lowest BCUT2D eigenvalue weighted by atomic mass is 10.0. The van der Waals surface area contributed by atoms with Crippen LogP contribution in [0.1, 0.15) is 38.8 Å². The van der Waals surface area contributed by atoms with Gasteiger partial charge in [0.15, 0.2) is 0 Å². The molecule has 25 heavy (non-hydrogen) atoms. The number of nitro groups is 1. The summed E-state index contributed by atoms with van der Waals surface area (Å²) in [6, 6.07) is 5.12. The van der Waals surface area contributed by atoms with E-state index in [1.165, 1.54) is 18.2 Å². The molecule has 1 aromatic rings. The molecule has 0 aliphatic carbocycles. The van der Waals surface area contributed by atoms with Crippen LogP contribution in [-0.4, -0.2) is 29.4 Å². The van der Waals surface area contributed by atoms with Crippen LogP contribution in [0.25, 0.3) is 0 Å². The van der Waals surface area contributed by atoms with Crippen LogP contribution in [0.5, 0.6) is 0 Å². The van der Waals surface area contributed by atoms with E-state index in [9.17, 15) is 19.7 Å². The van der Waals surface area contributed by atoms with Gasteiger partial charge in [0.25, 0.3) is 5.69 Å². The first kappa shape index (κ1) is 22.8. The number of rotatable bonds is 8. The molecule has 0 spiro atoms. The van der Waals surface area contributed by atoms with Crippen LogP contribution in [0.4, 0.5) is 5.69 Å². The minimum atomic E-state index is -0.862. The van der Waals surface area contributed by atoms with Crippen molar-refractivity contribution in [2.75, 3.05) is 6.54 Å². The number of nitrogens with one attached hydrogen (secondary N) is 1. The SMILES string of the molecule is CC(C)OC(=O)CC(NC(=O)C(C)CN)c1ccccc1[N+](=O)[O-].Cl. The van der Waals surface area contributed by atoms with Crippen molar-refractivity contribution in [3.8, 4) is 0 Å². The Hall–Kier alpha value is -2.19. The van der Waals surface area contributed by atoms with Gasteiger partial charge >= 0.3 is 5.97 Å². The molecule has 1 rings (SSSR count). The van der Waals surface area contributed by atoms with Crippen LogP contribution in [0, 0.1) is 16.0 Å². The van der Waals surface area contributed by atoms with Crippen molar-refractivity contribution in [3.63, 3.8) is 0 Å². The van der Waals surface area contributed by atoms with E-state index in [1.54, 1.807) is 26.8 Å². The van der Waals surface area contributed by atoms with E-state index in [4.69, 9.17) is 10.5 Å². The molecule has 3 N–H and O–H groups in total. The summed E-state index contributed by atoms with van der Waals surface area (Å²) in [7, 11) is 0. The number of benzene rings is 1. The number of hydrogen-bond acceptors (Lipinski definition) is 6. The largest absolute Gasteiger partial charge is 0.463 e. The predicted octanol–water partition coefficient (Wildman–Crippen LogP) is 2.11. The molecule has 0 radical (unpaired) electrons. The molecule has 140 valence electrons. The number of nitrogens with zero attached hydrogens (tertiary/aromatic N) is 1. The van der Waals surface area contributed by atoms with E-state index in [-0.39, 0.29) is 48.6 Å². The highest BCUT2D eigenvalue weighted by Crippen LogP contribution is 2.27. The molecule has 0 fully saturated rings. The molecule has 0 heterocycles. The van der Waals surface area contributed by atoms with Crippen molar-refractivity contribution in [1.29, 1.82) is 0 Å². The van der Waals surface area contributed by atoms with Crippen LogP contribution in [0.15, 0.2) is 24.3 Å². The Morgan fingerprint density at radius 1 is 1.28 bits per heavy atom. The number of nitrogens with two attached hydrogens (primary N) is 1. The number of hydrogen-bond donors (Lipinski definition) is 2. The second kappa shape index (κ2) is 10.6. The molecule has 0 aromatic heterocycles. The van der Waals surface area contributed by atoms with E-state index < -0.39 is 22.9 Å². The zero-order valence-electron chi connectivity index (χ0n) is 14.4. The number of para-hydroxylation sites is 1.